The van der Waals surface area contributed by atoms with Gasteiger partial charge in [0.25, 0.3) is 0 Å². The molecule has 0 N–H and O–H groups in total. The average Bonchev–Trinajstić information content (AvgIpc) is 3.31. The third-order valence-electron chi connectivity index (χ3n) is 4.52. The largest absolute Gasteiger partial charge is 0.377 e. The van der Waals surface area contributed by atoms with Crippen LogP contribution in [0.15, 0.2) is 22.0 Å². The van der Waals surface area contributed by atoms with E-state index >= 15 is 0 Å². The molecule has 2 aromatic rings. The summed E-state index contributed by atoms with van der Waals surface area (Å²) in [6.07, 6.45) is 2.88. The maximum Gasteiger partial charge on any atom is 0.241 e. The molecule has 0 aromatic carbocycles. The normalized spacial score (nSPS) is 23.6. The lowest BCUT2D eigenvalue weighted by Crippen LogP contribution is -2.48. The van der Waals surface area contributed by atoms with Crippen molar-refractivity contribution in [1.82, 2.24) is 19.9 Å². The fourth-order valence-corrected chi connectivity index (χ4v) is 3.87. The van der Waals surface area contributed by atoms with Gasteiger partial charge in [0.2, 0.25) is 11.7 Å². The number of rotatable bonds is 5. The lowest BCUT2D eigenvalue weighted by atomic mass is 10.2. The summed E-state index contributed by atoms with van der Waals surface area (Å²) >= 11 is 1.63. The molecule has 0 aliphatic carbocycles. The smallest absolute Gasteiger partial charge is 0.241 e. The fraction of sp³-hybridized carbons (Fsp3) is 0.625. The first-order valence-electron chi connectivity index (χ1n) is 8.29. The van der Waals surface area contributed by atoms with Crippen LogP contribution in [0.25, 0.3) is 10.7 Å². The molecule has 124 valence electrons. The minimum Gasteiger partial charge on any atom is -0.377 e. The summed E-state index contributed by atoms with van der Waals surface area (Å²) in [6.45, 7) is 7.03. The highest BCUT2D eigenvalue weighted by atomic mass is 32.1. The maximum atomic E-state index is 5.73. The topological polar surface area (TPSA) is 54.6 Å². The van der Waals surface area contributed by atoms with Crippen LogP contribution in [0.1, 0.15) is 18.7 Å². The van der Waals surface area contributed by atoms with E-state index in [0.717, 1.165) is 50.8 Å². The van der Waals surface area contributed by atoms with E-state index in [1.807, 2.05) is 17.5 Å². The predicted molar refractivity (Wildman–Crippen MR) is 88.3 cm³/mol. The molecule has 2 aliphatic heterocycles. The number of piperazine rings is 1. The molecule has 1 atom stereocenters. The quantitative estimate of drug-likeness (QED) is 0.835. The number of thiophene rings is 1. The molecular formula is C16H22N4O2S. The Kier molecular flexibility index (Phi) is 4.70. The molecule has 0 bridgehead atoms. The second-order valence-corrected chi connectivity index (χ2v) is 7.15. The Labute approximate surface area is 140 Å². The van der Waals surface area contributed by atoms with Gasteiger partial charge in [-0.2, -0.15) is 4.98 Å². The van der Waals surface area contributed by atoms with Crippen LogP contribution >= 0.6 is 11.3 Å². The summed E-state index contributed by atoms with van der Waals surface area (Å²) in [5, 5.41) is 6.10. The van der Waals surface area contributed by atoms with Crippen LogP contribution in [-0.4, -0.2) is 65.4 Å². The minimum atomic E-state index is 0.450. The third kappa shape index (κ3) is 3.80. The van der Waals surface area contributed by atoms with E-state index in [0.29, 0.717) is 17.8 Å². The Bertz CT molecular complexity index is 601. The molecule has 2 fully saturated rings. The molecule has 2 aliphatic rings. The first-order chi connectivity index (χ1) is 11.4. The summed E-state index contributed by atoms with van der Waals surface area (Å²) < 4.78 is 11.1. The van der Waals surface area contributed by atoms with E-state index < -0.39 is 0 Å². The van der Waals surface area contributed by atoms with E-state index in [4.69, 9.17) is 9.26 Å². The van der Waals surface area contributed by atoms with Gasteiger partial charge in [0.05, 0.1) is 17.5 Å². The van der Waals surface area contributed by atoms with Gasteiger partial charge in [-0.05, 0) is 24.3 Å². The van der Waals surface area contributed by atoms with Crippen molar-refractivity contribution in [1.29, 1.82) is 0 Å². The van der Waals surface area contributed by atoms with Crippen LogP contribution in [0.2, 0.25) is 0 Å². The lowest BCUT2D eigenvalue weighted by Gasteiger charge is -2.34. The van der Waals surface area contributed by atoms with Crippen molar-refractivity contribution in [3.63, 3.8) is 0 Å². The van der Waals surface area contributed by atoms with Crippen molar-refractivity contribution in [2.45, 2.75) is 25.5 Å². The highest BCUT2D eigenvalue weighted by Crippen LogP contribution is 2.22. The van der Waals surface area contributed by atoms with Crippen LogP contribution in [0.3, 0.4) is 0 Å². The number of nitrogens with zero attached hydrogens (tertiary/aromatic N) is 4. The number of hydrogen-bond donors (Lipinski definition) is 0. The number of aromatic nitrogens is 2. The van der Waals surface area contributed by atoms with Crippen molar-refractivity contribution in [3.05, 3.63) is 23.4 Å². The van der Waals surface area contributed by atoms with E-state index in [-0.39, 0.29) is 0 Å². The van der Waals surface area contributed by atoms with Gasteiger partial charge in [-0.15, -0.1) is 11.3 Å². The summed E-state index contributed by atoms with van der Waals surface area (Å²) in [6, 6.07) is 4.02. The molecule has 2 aromatic heterocycles. The van der Waals surface area contributed by atoms with Crippen LogP contribution in [0.4, 0.5) is 0 Å². The summed E-state index contributed by atoms with van der Waals surface area (Å²) in [4.78, 5) is 10.5. The second kappa shape index (κ2) is 7.09. The summed E-state index contributed by atoms with van der Waals surface area (Å²) in [5.41, 5.74) is 0. The molecule has 0 amide bonds. The van der Waals surface area contributed by atoms with Gasteiger partial charge in [0.15, 0.2) is 0 Å². The first kappa shape index (κ1) is 15.3. The molecular weight excluding hydrogens is 312 g/mol. The summed E-state index contributed by atoms with van der Waals surface area (Å²) in [5.74, 6) is 1.41. The zero-order valence-electron chi connectivity index (χ0n) is 13.2. The predicted octanol–water partition coefficient (Wildman–Crippen LogP) is 2.09. The minimum absolute atomic E-state index is 0.450. The van der Waals surface area contributed by atoms with Gasteiger partial charge in [-0.1, -0.05) is 11.2 Å². The standard InChI is InChI=1S/C16H22N4O2S/c1-3-13(21-9-1)11-19-5-7-20(8-6-19)12-15-17-16(18-22-15)14-4-2-10-23-14/h2,4,10,13H,1,3,5-9,11-12H2. The van der Waals surface area contributed by atoms with Crippen molar-refractivity contribution in [2.75, 3.05) is 39.3 Å². The molecule has 0 spiro atoms. The highest BCUT2D eigenvalue weighted by Gasteiger charge is 2.23. The third-order valence-corrected chi connectivity index (χ3v) is 5.39. The fourth-order valence-electron chi connectivity index (χ4n) is 3.22. The molecule has 4 rings (SSSR count). The van der Waals surface area contributed by atoms with E-state index in [2.05, 4.69) is 19.9 Å². The van der Waals surface area contributed by atoms with Gasteiger partial charge >= 0.3 is 0 Å². The molecule has 0 saturated carbocycles. The van der Waals surface area contributed by atoms with E-state index in [1.165, 1.54) is 12.8 Å². The van der Waals surface area contributed by atoms with Crippen molar-refractivity contribution in [3.8, 4) is 10.7 Å². The molecule has 7 heteroatoms. The first-order valence-corrected chi connectivity index (χ1v) is 9.17. The van der Waals surface area contributed by atoms with Crippen LogP contribution in [-0.2, 0) is 11.3 Å². The van der Waals surface area contributed by atoms with Crippen molar-refractivity contribution < 1.29 is 9.26 Å². The summed E-state index contributed by atoms with van der Waals surface area (Å²) in [7, 11) is 0. The van der Waals surface area contributed by atoms with Crippen molar-refractivity contribution >= 4 is 11.3 Å². The van der Waals surface area contributed by atoms with Gasteiger partial charge < -0.3 is 9.26 Å². The van der Waals surface area contributed by atoms with Gasteiger partial charge in [-0.3, -0.25) is 9.80 Å². The number of ether oxygens (including phenoxy) is 1. The monoisotopic (exact) mass is 334 g/mol. The van der Waals surface area contributed by atoms with Gasteiger partial charge in [0.1, 0.15) is 0 Å². The van der Waals surface area contributed by atoms with Crippen LogP contribution < -0.4 is 0 Å². The molecule has 1 unspecified atom stereocenters. The molecule has 2 saturated heterocycles. The maximum absolute atomic E-state index is 5.73. The molecule has 6 nitrogen and oxygen atoms in total. The van der Waals surface area contributed by atoms with Gasteiger partial charge in [-0.25, -0.2) is 0 Å². The Morgan fingerprint density at radius 2 is 2.09 bits per heavy atom. The van der Waals surface area contributed by atoms with Gasteiger partial charge in [0, 0.05) is 39.3 Å². The molecule has 23 heavy (non-hydrogen) atoms. The lowest BCUT2D eigenvalue weighted by molar-refractivity contribution is 0.0468. The van der Waals surface area contributed by atoms with E-state index in [1.54, 1.807) is 11.3 Å². The Balaban J connectivity index is 1.26. The second-order valence-electron chi connectivity index (χ2n) is 6.20. The highest BCUT2D eigenvalue weighted by molar-refractivity contribution is 7.13. The zero-order chi connectivity index (χ0) is 15.5. The van der Waals surface area contributed by atoms with E-state index in [9.17, 15) is 0 Å². The number of hydrogen-bond acceptors (Lipinski definition) is 7. The molecule has 4 heterocycles. The van der Waals surface area contributed by atoms with Crippen LogP contribution in [0, 0.1) is 0 Å². The molecule has 0 radical (unpaired) electrons. The Morgan fingerprint density at radius 3 is 2.83 bits per heavy atom. The average molecular weight is 334 g/mol. The van der Waals surface area contributed by atoms with Crippen LogP contribution in [0.5, 0.6) is 0 Å². The SMILES string of the molecule is c1csc(-c2noc(CN3CCN(CC4CCCO4)CC3)n2)c1. The zero-order valence-corrected chi connectivity index (χ0v) is 14.0. The Morgan fingerprint density at radius 1 is 1.22 bits per heavy atom. The van der Waals surface area contributed by atoms with Crippen molar-refractivity contribution in [2.24, 2.45) is 0 Å². The Hall–Kier alpha value is -1.28.